The van der Waals surface area contributed by atoms with Gasteiger partial charge < -0.3 is 0 Å². The lowest BCUT2D eigenvalue weighted by Gasteiger charge is -2.40. The van der Waals surface area contributed by atoms with Crippen molar-refractivity contribution < 1.29 is 0 Å². The third-order valence-corrected chi connectivity index (χ3v) is 6.69. The van der Waals surface area contributed by atoms with Crippen LogP contribution >= 0.6 is 0 Å². The molecule has 0 saturated carbocycles. The summed E-state index contributed by atoms with van der Waals surface area (Å²) in [6.07, 6.45) is 0. The Morgan fingerprint density at radius 2 is 0.871 bits per heavy atom. The Labute approximate surface area is 193 Å². The van der Waals surface area contributed by atoms with Gasteiger partial charge in [0, 0.05) is 5.41 Å². The third-order valence-electron chi connectivity index (χ3n) is 6.69. The first-order valence-corrected chi connectivity index (χ1v) is 12.0. The molecule has 0 bridgehead atoms. The molecule has 0 aliphatic rings. The number of hydrogen-bond acceptors (Lipinski definition) is 0. The van der Waals surface area contributed by atoms with Gasteiger partial charge in [-0.2, -0.15) is 0 Å². The first-order chi connectivity index (χ1) is 13.7. The average Bonchev–Trinajstić information content (AvgIpc) is 2.57. The highest BCUT2D eigenvalue weighted by atomic mass is 14.4. The summed E-state index contributed by atoms with van der Waals surface area (Å²) in [5.74, 6) is 0. The Balaban J connectivity index is 2.97. The summed E-state index contributed by atoms with van der Waals surface area (Å²) < 4.78 is 0. The molecule has 31 heavy (non-hydrogen) atoms. The Morgan fingerprint density at radius 1 is 0.419 bits per heavy atom. The Kier molecular flexibility index (Phi) is 6.46. The highest BCUT2D eigenvalue weighted by Gasteiger charge is 2.36. The van der Waals surface area contributed by atoms with Gasteiger partial charge in [-0.25, -0.2) is 0 Å². The van der Waals surface area contributed by atoms with Gasteiger partial charge in [-0.1, -0.05) is 133 Å². The van der Waals surface area contributed by atoms with Crippen molar-refractivity contribution in [2.75, 3.05) is 0 Å². The van der Waals surface area contributed by atoms with Crippen LogP contribution in [0.4, 0.5) is 0 Å². The average molecular weight is 421 g/mol. The van der Waals surface area contributed by atoms with Crippen LogP contribution in [0.25, 0.3) is 0 Å². The van der Waals surface area contributed by atoms with Crippen molar-refractivity contribution in [2.24, 2.45) is 0 Å². The van der Waals surface area contributed by atoms with Gasteiger partial charge in [0.2, 0.25) is 0 Å². The smallest absolute Gasteiger partial charge is 0.0149 e. The van der Waals surface area contributed by atoms with Gasteiger partial charge in [0.15, 0.2) is 0 Å². The molecule has 0 unspecified atom stereocenters. The molecule has 0 aliphatic heterocycles. The topological polar surface area (TPSA) is 0 Å². The predicted molar refractivity (Wildman–Crippen MR) is 140 cm³/mol. The van der Waals surface area contributed by atoms with Gasteiger partial charge in [-0.3, -0.25) is 0 Å². The molecule has 0 N–H and O–H groups in total. The molecule has 2 rings (SSSR count). The molecule has 0 radical (unpaired) electrons. The molecule has 0 aromatic heterocycles. The third kappa shape index (κ3) is 5.44. The fourth-order valence-electron chi connectivity index (χ4n) is 4.50. The van der Waals surface area contributed by atoms with E-state index < -0.39 is 0 Å². The largest absolute Gasteiger partial charge is 0.0617 e. The van der Waals surface area contributed by atoms with Gasteiger partial charge in [-0.15, -0.1) is 0 Å². The Morgan fingerprint density at radius 3 is 1.29 bits per heavy atom. The minimum Gasteiger partial charge on any atom is -0.0617 e. The number of rotatable bonds is 2. The van der Waals surface area contributed by atoms with Crippen molar-refractivity contribution in [2.45, 2.75) is 124 Å². The molecule has 0 atom stereocenters. The van der Waals surface area contributed by atoms with Crippen molar-refractivity contribution in [3.8, 4) is 0 Å². The van der Waals surface area contributed by atoms with Gasteiger partial charge in [0.25, 0.3) is 0 Å². The van der Waals surface area contributed by atoms with Crippen LogP contribution in [0, 0.1) is 0 Å². The van der Waals surface area contributed by atoms with Crippen LogP contribution in [0.2, 0.25) is 0 Å². The molecule has 0 saturated heterocycles. The second kappa shape index (κ2) is 7.79. The summed E-state index contributed by atoms with van der Waals surface area (Å²) in [4.78, 5) is 0. The quantitative estimate of drug-likeness (QED) is 0.454. The zero-order chi connectivity index (χ0) is 24.2. The summed E-state index contributed by atoms with van der Waals surface area (Å²) in [6, 6.07) is 14.3. The van der Waals surface area contributed by atoms with Crippen LogP contribution in [0.1, 0.15) is 130 Å². The van der Waals surface area contributed by atoms with Gasteiger partial charge >= 0.3 is 0 Å². The van der Waals surface area contributed by atoms with Crippen LogP contribution in [0.5, 0.6) is 0 Å². The van der Waals surface area contributed by atoms with E-state index in [4.69, 9.17) is 0 Å². The summed E-state index contributed by atoms with van der Waals surface area (Å²) in [6.45, 7) is 33.0. The molecule has 0 amide bonds. The molecule has 0 nitrogen and oxygen atoms in total. The van der Waals surface area contributed by atoms with Crippen LogP contribution in [-0.2, 0) is 27.1 Å². The lowest BCUT2D eigenvalue weighted by Crippen LogP contribution is -2.31. The highest BCUT2D eigenvalue weighted by Crippen LogP contribution is 2.45. The zero-order valence-corrected chi connectivity index (χ0v) is 23.0. The van der Waals surface area contributed by atoms with Crippen molar-refractivity contribution in [3.63, 3.8) is 0 Å². The summed E-state index contributed by atoms with van der Waals surface area (Å²) in [5.41, 5.74) is 9.01. The van der Waals surface area contributed by atoms with Crippen molar-refractivity contribution in [3.05, 3.63) is 69.8 Å². The molecule has 172 valence electrons. The molecule has 2 aromatic rings. The van der Waals surface area contributed by atoms with Crippen LogP contribution in [0.15, 0.2) is 36.4 Å². The van der Waals surface area contributed by atoms with E-state index in [0.717, 1.165) is 0 Å². The summed E-state index contributed by atoms with van der Waals surface area (Å²) >= 11 is 0. The highest BCUT2D eigenvalue weighted by molar-refractivity contribution is 5.54. The SMILES string of the molecule is CC(C)(C)c1cccc(C(C)(C)c2cc(C(C)(C)C)cc(C(C)(C)C)c2C(C)(C)C)c1. The fourth-order valence-corrected chi connectivity index (χ4v) is 4.50. The maximum absolute atomic E-state index is 2.51. The molecule has 0 spiro atoms. The monoisotopic (exact) mass is 420 g/mol. The maximum Gasteiger partial charge on any atom is 0.0149 e. The molecular weight excluding hydrogens is 372 g/mol. The van der Waals surface area contributed by atoms with E-state index >= 15 is 0 Å². The number of hydrogen-bond donors (Lipinski definition) is 0. The lowest BCUT2D eigenvalue weighted by molar-refractivity contribution is 0.499. The van der Waals surface area contributed by atoms with E-state index in [1.807, 2.05) is 0 Å². The van der Waals surface area contributed by atoms with Crippen LogP contribution in [0.3, 0.4) is 0 Å². The summed E-state index contributed by atoms with van der Waals surface area (Å²) in [5, 5.41) is 0. The van der Waals surface area contributed by atoms with Gasteiger partial charge in [0.1, 0.15) is 0 Å². The summed E-state index contributed by atoms with van der Waals surface area (Å²) in [7, 11) is 0. The second-order valence-electron chi connectivity index (χ2n) is 14.2. The van der Waals surface area contributed by atoms with E-state index in [9.17, 15) is 0 Å². The van der Waals surface area contributed by atoms with Crippen molar-refractivity contribution in [1.82, 2.24) is 0 Å². The fraction of sp³-hybridized carbons (Fsp3) is 0.613. The molecule has 0 heterocycles. The standard InChI is InChI=1S/C31H48/c1-27(2,3)21-16-15-17-22(18-21)31(13,14)25-20-23(28(4,5)6)19-24(29(7,8)9)26(25)30(10,11)12/h15-20H,1-14H3. The van der Waals surface area contributed by atoms with E-state index in [-0.39, 0.29) is 27.1 Å². The molecular formula is C31H48. The van der Waals surface area contributed by atoms with Gasteiger partial charge in [0.05, 0.1) is 0 Å². The van der Waals surface area contributed by atoms with Crippen LogP contribution in [-0.4, -0.2) is 0 Å². The first kappa shape index (κ1) is 25.7. The van der Waals surface area contributed by atoms with E-state index in [1.54, 1.807) is 0 Å². The minimum atomic E-state index is -0.0921. The number of benzene rings is 2. The molecule has 0 fully saturated rings. The van der Waals surface area contributed by atoms with E-state index in [2.05, 4.69) is 133 Å². The normalized spacial score (nSPS) is 14.1. The van der Waals surface area contributed by atoms with Crippen molar-refractivity contribution >= 4 is 0 Å². The molecule has 2 aromatic carbocycles. The lowest BCUT2D eigenvalue weighted by atomic mass is 9.64. The van der Waals surface area contributed by atoms with Gasteiger partial charge in [-0.05, 0) is 55.0 Å². The van der Waals surface area contributed by atoms with E-state index in [1.165, 1.54) is 33.4 Å². The molecule has 0 heteroatoms. The minimum absolute atomic E-state index is 0.0628. The predicted octanol–water partition coefficient (Wildman–Crippen LogP) is 9.20. The first-order valence-electron chi connectivity index (χ1n) is 12.0. The Bertz CT molecular complexity index is 926. The maximum atomic E-state index is 2.51. The zero-order valence-electron chi connectivity index (χ0n) is 23.0. The Hall–Kier alpha value is -1.56. The van der Waals surface area contributed by atoms with Crippen molar-refractivity contribution in [1.29, 1.82) is 0 Å². The van der Waals surface area contributed by atoms with Crippen LogP contribution < -0.4 is 0 Å². The van der Waals surface area contributed by atoms with E-state index in [0.29, 0.717) is 0 Å². The second-order valence-corrected chi connectivity index (χ2v) is 14.2. The molecule has 0 aliphatic carbocycles.